The van der Waals surface area contributed by atoms with Crippen LogP contribution in [0.2, 0.25) is 0 Å². The van der Waals surface area contributed by atoms with Crippen LogP contribution in [0.25, 0.3) is 0 Å². The van der Waals surface area contributed by atoms with Crippen molar-refractivity contribution < 1.29 is 53.0 Å². The summed E-state index contributed by atoms with van der Waals surface area (Å²) in [5, 5.41) is 4.15. The smallest absolute Gasteiger partial charge is 0.318 e. The normalized spacial score (nSPS) is 10.9. The van der Waals surface area contributed by atoms with Crippen LogP contribution >= 0.6 is 0 Å². The molecule has 0 heterocycles. The Bertz CT molecular complexity index is 483. The number of quaternary nitrogens is 2. The fraction of sp³-hybridized carbons (Fsp3) is 0.750. The first-order chi connectivity index (χ1) is 11.8. The van der Waals surface area contributed by atoms with Gasteiger partial charge in [0, 0.05) is 0 Å². The van der Waals surface area contributed by atoms with Gasteiger partial charge in [-0.2, -0.15) is 0 Å². The van der Waals surface area contributed by atoms with E-state index in [1.54, 1.807) is 0 Å². The third-order valence-electron chi connectivity index (χ3n) is 3.95. The van der Waals surface area contributed by atoms with Gasteiger partial charge in [0.05, 0.1) is 41.3 Å². The van der Waals surface area contributed by atoms with Gasteiger partial charge in [0.15, 0.2) is 13.1 Å². The van der Waals surface area contributed by atoms with Gasteiger partial charge in [0.2, 0.25) is 0 Å². The highest BCUT2D eigenvalue weighted by Gasteiger charge is 2.22. The zero-order chi connectivity index (χ0) is 20.4. The van der Waals surface area contributed by atoms with E-state index < -0.39 is 12.1 Å². The number of hydrogen-bond acceptors (Lipinski definition) is 4. The Morgan fingerprint density at radius 1 is 0.643 bits per heavy atom. The highest BCUT2D eigenvalue weighted by molar-refractivity contribution is 5.94. The van der Waals surface area contributed by atoms with E-state index in [9.17, 15) is 19.2 Å². The van der Waals surface area contributed by atoms with Crippen molar-refractivity contribution in [2.24, 2.45) is 11.5 Å². The number of nitrogens with one attached hydrogen (secondary N) is 2. The van der Waals surface area contributed by atoms with Crippen LogP contribution in [0.5, 0.6) is 0 Å². The van der Waals surface area contributed by atoms with Gasteiger partial charge < -0.3 is 45.2 Å². The molecule has 6 amide bonds. The molecule has 28 heavy (non-hydrogen) atoms. The van der Waals surface area contributed by atoms with Crippen molar-refractivity contribution in [3.8, 4) is 0 Å². The van der Waals surface area contributed by atoms with Gasteiger partial charge >= 0.3 is 12.1 Å². The van der Waals surface area contributed by atoms with Crippen LogP contribution in [0.4, 0.5) is 9.59 Å². The number of likely N-dealkylation sites (N-methyl/N-ethyl adjacent to an activating group) is 2. The van der Waals surface area contributed by atoms with Gasteiger partial charge in [0.25, 0.3) is 11.8 Å². The molecule has 12 heteroatoms. The average Bonchev–Trinajstić information content (AvgIpc) is 2.38. The van der Waals surface area contributed by atoms with Crippen LogP contribution in [0.3, 0.4) is 0 Å². The van der Waals surface area contributed by atoms with E-state index in [2.05, 4.69) is 10.6 Å². The van der Waals surface area contributed by atoms with Crippen LogP contribution in [-0.4, -0.2) is 87.2 Å². The fourth-order valence-corrected chi connectivity index (χ4v) is 2.72. The maximum Gasteiger partial charge on any atom is 0.318 e. The number of nitrogens with zero attached hydrogens (tertiary/aromatic N) is 2. The number of nitrogens with two attached hydrogens (primary N) is 2. The Balaban J connectivity index is -0.00000312. The van der Waals surface area contributed by atoms with Crippen molar-refractivity contribution in [1.82, 2.24) is 10.6 Å². The number of primary amides is 2. The molecule has 166 valence electrons. The SMILES string of the molecule is C[N+](C)(CCCCCC[N+](C)(C)CC(=O)NC(N)=O)CC(=O)NC(N)=O.[Cl-].[Cl-]. The van der Waals surface area contributed by atoms with Crippen LogP contribution in [-0.2, 0) is 9.59 Å². The number of rotatable bonds is 11. The minimum absolute atomic E-state index is 0. The Kier molecular flexibility index (Phi) is 16.0. The van der Waals surface area contributed by atoms with Crippen LogP contribution in [0, 0.1) is 0 Å². The standard InChI is InChI=1S/C16H32N6O4.2ClH/c1-21(2,11-13(23)19-15(17)25)9-7-5-6-8-10-22(3,4)12-14(24)20-16(18)26;;/h5-12H2,1-4H3,(H4-2,17,18,19,20,23,24,25,26);2*1H. The summed E-state index contributed by atoms with van der Waals surface area (Å²) in [4.78, 5) is 44.5. The van der Waals surface area contributed by atoms with Crippen LogP contribution in [0.1, 0.15) is 25.7 Å². The molecular formula is C16H34Cl2N6O4. The summed E-state index contributed by atoms with van der Waals surface area (Å²) < 4.78 is 0.960. The van der Waals surface area contributed by atoms with Gasteiger partial charge in [-0.05, 0) is 25.7 Å². The predicted molar refractivity (Wildman–Crippen MR) is 97.6 cm³/mol. The molecule has 0 bridgehead atoms. The molecule has 0 fully saturated rings. The molecule has 0 spiro atoms. The molecule has 0 saturated carbocycles. The minimum atomic E-state index is -0.833. The first kappa shape index (κ1) is 31.1. The molecule has 0 saturated heterocycles. The molecule has 6 N–H and O–H groups in total. The summed E-state index contributed by atoms with van der Waals surface area (Å²) in [5.41, 5.74) is 9.86. The van der Waals surface area contributed by atoms with E-state index in [0.717, 1.165) is 38.8 Å². The first-order valence-corrected chi connectivity index (χ1v) is 8.65. The molecule has 0 aliphatic rings. The Morgan fingerprint density at radius 2 is 0.929 bits per heavy atom. The molecule has 0 aromatic rings. The van der Waals surface area contributed by atoms with Crippen molar-refractivity contribution in [3.05, 3.63) is 0 Å². The molecule has 0 rings (SSSR count). The number of amides is 6. The van der Waals surface area contributed by atoms with E-state index in [1.165, 1.54) is 0 Å². The largest absolute Gasteiger partial charge is 1.00 e. The summed E-state index contributed by atoms with van der Waals surface area (Å²) in [7, 11) is 7.71. The maximum absolute atomic E-state index is 11.6. The lowest BCUT2D eigenvalue weighted by Gasteiger charge is -2.29. The highest BCUT2D eigenvalue weighted by Crippen LogP contribution is 2.08. The summed E-state index contributed by atoms with van der Waals surface area (Å²) in [6, 6.07) is -1.67. The maximum atomic E-state index is 11.6. The summed E-state index contributed by atoms with van der Waals surface area (Å²) >= 11 is 0. The molecule has 0 radical (unpaired) electrons. The first-order valence-electron chi connectivity index (χ1n) is 8.65. The number of carbonyl (C=O) groups excluding carboxylic acids is 4. The van der Waals surface area contributed by atoms with Crippen LogP contribution < -0.4 is 46.9 Å². The van der Waals surface area contributed by atoms with E-state index in [1.807, 2.05) is 28.2 Å². The average molecular weight is 445 g/mol. The quantitative estimate of drug-likeness (QED) is 0.185. The van der Waals surface area contributed by atoms with Gasteiger partial charge in [-0.1, -0.05) is 0 Å². The van der Waals surface area contributed by atoms with Crippen molar-refractivity contribution in [2.75, 3.05) is 54.4 Å². The lowest BCUT2D eigenvalue weighted by Crippen LogP contribution is -3.00. The lowest BCUT2D eigenvalue weighted by molar-refractivity contribution is -0.883. The van der Waals surface area contributed by atoms with Gasteiger partial charge in [-0.25, -0.2) is 9.59 Å². The second kappa shape index (κ2) is 14.4. The summed E-state index contributed by atoms with van der Waals surface area (Å²) in [5.74, 6) is -0.758. The lowest BCUT2D eigenvalue weighted by atomic mass is 10.1. The van der Waals surface area contributed by atoms with E-state index in [0.29, 0.717) is 8.97 Å². The molecule has 0 aromatic carbocycles. The Morgan fingerprint density at radius 3 is 1.18 bits per heavy atom. The second-order valence-corrected chi connectivity index (χ2v) is 7.87. The molecule has 0 aliphatic carbocycles. The summed E-state index contributed by atoms with van der Waals surface area (Å²) in [6.07, 6.45) is 3.91. The number of imide groups is 2. The monoisotopic (exact) mass is 444 g/mol. The minimum Gasteiger partial charge on any atom is -1.00 e. The third kappa shape index (κ3) is 17.8. The number of hydrogen-bond donors (Lipinski definition) is 4. The molecule has 0 atom stereocenters. The van der Waals surface area contributed by atoms with Crippen molar-refractivity contribution in [1.29, 1.82) is 0 Å². The molecule has 0 aromatic heterocycles. The fourth-order valence-electron chi connectivity index (χ4n) is 2.72. The zero-order valence-corrected chi connectivity index (χ0v) is 18.6. The number of urea groups is 2. The van der Waals surface area contributed by atoms with Crippen LogP contribution in [0.15, 0.2) is 0 Å². The Hall–Kier alpha value is -1.62. The van der Waals surface area contributed by atoms with Crippen molar-refractivity contribution in [3.63, 3.8) is 0 Å². The predicted octanol–water partition coefficient (Wildman–Crippen LogP) is -6.90. The number of unbranched alkanes of at least 4 members (excludes halogenated alkanes) is 3. The molecule has 0 aliphatic heterocycles. The number of halogens is 2. The van der Waals surface area contributed by atoms with Gasteiger partial charge in [-0.15, -0.1) is 0 Å². The highest BCUT2D eigenvalue weighted by atomic mass is 35.5. The van der Waals surface area contributed by atoms with E-state index >= 15 is 0 Å². The van der Waals surface area contributed by atoms with Gasteiger partial charge in [0.1, 0.15) is 0 Å². The molecule has 0 unspecified atom stereocenters. The van der Waals surface area contributed by atoms with E-state index in [-0.39, 0.29) is 49.7 Å². The van der Waals surface area contributed by atoms with Crippen molar-refractivity contribution in [2.45, 2.75) is 25.7 Å². The van der Waals surface area contributed by atoms with Gasteiger partial charge in [-0.3, -0.25) is 20.2 Å². The van der Waals surface area contributed by atoms with Crippen molar-refractivity contribution >= 4 is 23.9 Å². The number of carbonyl (C=O) groups is 4. The zero-order valence-electron chi connectivity index (χ0n) is 17.1. The second-order valence-electron chi connectivity index (χ2n) is 7.87. The molecule has 10 nitrogen and oxygen atoms in total. The Labute approximate surface area is 179 Å². The molecular weight excluding hydrogens is 411 g/mol. The topological polar surface area (TPSA) is 144 Å². The third-order valence-corrected chi connectivity index (χ3v) is 3.95. The summed E-state index contributed by atoms with van der Waals surface area (Å²) in [6.45, 7) is 2.01. The van der Waals surface area contributed by atoms with E-state index in [4.69, 9.17) is 11.5 Å².